The van der Waals surface area contributed by atoms with Crippen molar-refractivity contribution in [3.05, 3.63) is 41.2 Å². The third kappa shape index (κ3) is 3.86. The van der Waals surface area contributed by atoms with E-state index < -0.39 is 23.1 Å². The fourth-order valence-electron chi connectivity index (χ4n) is 3.06. The van der Waals surface area contributed by atoms with Crippen molar-refractivity contribution in [2.75, 3.05) is 6.54 Å². The molecule has 1 aromatic carbocycles. The minimum Gasteiger partial charge on any atom is -0.508 e. The van der Waals surface area contributed by atoms with E-state index in [4.69, 9.17) is 0 Å². The van der Waals surface area contributed by atoms with Gasteiger partial charge in [0.15, 0.2) is 11.5 Å². The van der Waals surface area contributed by atoms with Crippen molar-refractivity contribution in [3.63, 3.8) is 0 Å². The number of Topliss-reactive ketones (excluding diaryl/α,β-unsaturated/α-hetero) is 1. The van der Waals surface area contributed by atoms with E-state index in [2.05, 4.69) is 6.92 Å². The van der Waals surface area contributed by atoms with Crippen molar-refractivity contribution in [1.29, 1.82) is 0 Å². The normalized spacial score (nSPS) is 18.2. The summed E-state index contributed by atoms with van der Waals surface area (Å²) in [6, 6.07) is 5.82. The van der Waals surface area contributed by atoms with Gasteiger partial charge in [-0.2, -0.15) is 0 Å². The van der Waals surface area contributed by atoms with Crippen LogP contribution in [0.3, 0.4) is 0 Å². The highest BCUT2D eigenvalue weighted by Crippen LogP contribution is 2.41. The summed E-state index contributed by atoms with van der Waals surface area (Å²) in [5.41, 5.74) is 0.150. The highest BCUT2D eigenvalue weighted by atomic mass is 16.3. The van der Waals surface area contributed by atoms with Gasteiger partial charge in [0.1, 0.15) is 5.75 Å². The molecule has 25 heavy (non-hydrogen) atoms. The Balaban J connectivity index is 2.48. The number of phenols is 1. The van der Waals surface area contributed by atoms with Crippen LogP contribution in [0.15, 0.2) is 35.6 Å². The number of ketones is 1. The van der Waals surface area contributed by atoms with Gasteiger partial charge in [0, 0.05) is 12.0 Å². The number of rotatable bonds is 6. The van der Waals surface area contributed by atoms with Crippen LogP contribution in [0, 0.1) is 5.41 Å². The lowest BCUT2D eigenvalue weighted by molar-refractivity contribution is -0.129. The molecule has 0 saturated carbocycles. The first-order valence-corrected chi connectivity index (χ1v) is 8.76. The molecular weight excluding hydrogens is 318 g/mol. The van der Waals surface area contributed by atoms with Crippen LogP contribution in [0.2, 0.25) is 0 Å². The van der Waals surface area contributed by atoms with Crippen LogP contribution in [0.1, 0.15) is 58.6 Å². The van der Waals surface area contributed by atoms with Crippen molar-refractivity contribution >= 4 is 11.7 Å². The van der Waals surface area contributed by atoms with E-state index in [1.54, 1.807) is 37.8 Å². The molecule has 136 valence electrons. The Bertz CT molecular complexity index is 683. The summed E-state index contributed by atoms with van der Waals surface area (Å²) in [4.78, 5) is 27.1. The van der Waals surface area contributed by atoms with Gasteiger partial charge in [-0.15, -0.1) is 0 Å². The van der Waals surface area contributed by atoms with Crippen molar-refractivity contribution in [2.45, 2.75) is 53.0 Å². The van der Waals surface area contributed by atoms with E-state index in [-0.39, 0.29) is 17.1 Å². The first kappa shape index (κ1) is 19.0. The van der Waals surface area contributed by atoms with Gasteiger partial charge < -0.3 is 15.1 Å². The van der Waals surface area contributed by atoms with E-state index >= 15 is 0 Å². The summed E-state index contributed by atoms with van der Waals surface area (Å²) < 4.78 is 0. The maximum Gasteiger partial charge on any atom is 0.290 e. The monoisotopic (exact) mass is 345 g/mol. The van der Waals surface area contributed by atoms with Crippen LogP contribution in [0.25, 0.3) is 0 Å². The number of hydrogen-bond donors (Lipinski definition) is 2. The number of hydrogen-bond acceptors (Lipinski definition) is 4. The van der Waals surface area contributed by atoms with Crippen molar-refractivity contribution in [3.8, 4) is 5.75 Å². The third-order valence-electron chi connectivity index (χ3n) is 4.44. The molecule has 1 aliphatic rings. The molecular formula is C20H27NO4. The molecule has 0 aliphatic carbocycles. The number of aromatic hydroxyl groups is 1. The number of aliphatic hydroxyl groups excluding tert-OH is 1. The molecule has 5 heteroatoms. The highest BCUT2D eigenvalue weighted by molar-refractivity contribution is 6.10. The minimum absolute atomic E-state index is 0.113. The van der Waals surface area contributed by atoms with Gasteiger partial charge in [-0.3, -0.25) is 9.59 Å². The van der Waals surface area contributed by atoms with Crippen molar-refractivity contribution in [2.24, 2.45) is 5.41 Å². The second-order valence-corrected chi connectivity index (χ2v) is 7.54. The van der Waals surface area contributed by atoms with Gasteiger partial charge in [-0.05, 0) is 24.1 Å². The molecule has 2 rings (SSSR count). The number of unbranched alkanes of at least 4 members (excludes halogenated alkanes) is 2. The van der Waals surface area contributed by atoms with E-state index in [0.29, 0.717) is 12.1 Å². The Hall–Kier alpha value is -2.30. The number of amides is 1. The summed E-state index contributed by atoms with van der Waals surface area (Å²) in [5.74, 6) is -1.08. The number of aliphatic hydroxyl groups is 1. The number of carbonyl (C=O) groups is 2. The average Bonchev–Trinajstić information content (AvgIpc) is 2.79. The second kappa shape index (κ2) is 7.30. The Morgan fingerprint density at radius 2 is 1.72 bits per heavy atom. The molecule has 5 nitrogen and oxygen atoms in total. The molecule has 1 unspecified atom stereocenters. The molecule has 0 saturated heterocycles. The number of nitrogens with zero attached hydrogens (tertiary/aromatic N) is 1. The lowest BCUT2D eigenvalue weighted by atomic mass is 9.82. The average molecular weight is 345 g/mol. The molecule has 1 heterocycles. The number of carbonyl (C=O) groups excluding carboxylic acids is 2. The zero-order chi connectivity index (χ0) is 18.8. The lowest BCUT2D eigenvalue weighted by Gasteiger charge is -2.29. The van der Waals surface area contributed by atoms with Gasteiger partial charge in [0.25, 0.3) is 5.91 Å². The summed E-state index contributed by atoms with van der Waals surface area (Å²) >= 11 is 0. The number of benzene rings is 1. The van der Waals surface area contributed by atoms with Gasteiger partial charge in [-0.25, -0.2) is 0 Å². The van der Waals surface area contributed by atoms with Crippen LogP contribution in [-0.2, 0) is 9.59 Å². The molecule has 0 aromatic heterocycles. The highest BCUT2D eigenvalue weighted by Gasteiger charge is 2.45. The van der Waals surface area contributed by atoms with Crippen LogP contribution >= 0.6 is 0 Å². The lowest BCUT2D eigenvalue weighted by Crippen LogP contribution is -2.33. The van der Waals surface area contributed by atoms with Crippen LogP contribution in [0.5, 0.6) is 5.75 Å². The van der Waals surface area contributed by atoms with Crippen LogP contribution < -0.4 is 0 Å². The molecule has 0 radical (unpaired) electrons. The topological polar surface area (TPSA) is 77.8 Å². The zero-order valence-electron chi connectivity index (χ0n) is 15.4. The Kier molecular flexibility index (Phi) is 5.55. The van der Waals surface area contributed by atoms with Gasteiger partial charge in [0.05, 0.1) is 11.6 Å². The maximum absolute atomic E-state index is 12.9. The molecule has 2 N–H and O–H groups in total. The minimum atomic E-state index is -0.710. The zero-order valence-corrected chi connectivity index (χ0v) is 15.4. The fraction of sp³-hybridized carbons (Fsp3) is 0.500. The fourth-order valence-corrected chi connectivity index (χ4v) is 3.06. The van der Waals surface area contributed by atoms with Crippen molar-refractivity contribution < 1.29 is 19.8 Å². The second-order valence-electron chi connectivity index (χ2n) is 7.54. The predicted octanol–water partition coefficient (Wildman–Crippen LogP) is 3.89. The Morgan fingerprint density at radius 3 is 2.24 bits per heavy atom. The van der Waals surface area contributed by atoms with Crippen molar-refractivity contribution in [1.82, 2.24) is 4.90 Å². The van der Waals surface area contributed by atoms with Crippen LogP contribution in [0.4, 0.5) is 0 Å². The Labute approximate surface area is 149 Å². The Morgan fingerprint density at radius 1 is 1.12 bits per heavy atom. The van der Waals surface area contributed by atoms with Gasteiger partial charge in [0.2, 0.25) is 0 Å². The molecule has 1 aliphatic heterocycles. The largest absolute Gasteiger partial charge is 0.508 e. The predicted molar refractivity (Wildman–Crippen MR) is 96.2 cm³/mol. The number of phenolic OH excluding ortho intramolecular Hbond substituents is 1. The van der Waals surface area contributed by atoms with E-state index in [9.17, 15) is 19.8 Å². The summed E-state index contributed by atoms with van der Waals surface area (Å²) in [5, 5.41) is 20.0. The molecule has 0 bridgehead atoms. The molecule has 0 spiro atoms. The standard InChI is InChI=1S/C20H27NO4/c1-5-6-7-12-21-16(13-8-10-14(22)11-9-13)15(17(23)19(21)25)18(24)20(2,3)4/h8-11,16,22-23H,5-7,12H2,1-4H3. The smallest absolute Gasteiger partial charge is 0.290 e. The quantitative estimate of drug-likeness (QED) is 0.767. The summed E-state index contributed by atoms with van der Waals surface area (Å²) in [6.07, 6.45) is 2.79. The molecule has 1 amide bonds. The first-order valence-electron chi connectivity index (χ1n) is 8.76. The maximum atomic E-state index is 12.9. The first-order chi connectivity index (χ1) is 11.7. The summed E-state index contributed by atoms with van der Waals surface area (Å²) in [6.45, 7) is 7.87. The van der Waals surface area contributed by atoms with E-state index in [0.717, 1.165) is 19.3 Å². The third-order valence-corrected chi connectivity index (χ3v) is 4.44. The summed E-state index contributed by atoms with van der Waals surface area (Å²) in [7, 11) is 0. The molecule has 0 fully saturated rings. The molecule has 1 aromatic rings. The SMILES string of the molecule is CCCCCN1C(=O)C(O)=C(C(=O)C(C)(C)C)C1c1ccc(O)cc1. The van der Waals surface area contributed by atoms with Crippen LogP contribution in [-0.4, -0.2) is 33.3 Å². The van der Waals surface area contributed by atoms with Gasteiger partial charge in [-0.1, -0.05) is 52.7 Å². The molecule has 1 atom stereocenters. The van der Waals surface area contributed by atoms with Gasteiger partial charge >= 0.3 is 0 Å². The van der Waals surface area contributed by atoms with E-state index in [1.807, 2.05) is 0 Å². The van der Waals surface area contributed by atoms with E-state index in [1.165, 1.54) is 12.1 Å².